The molecular formula is C24H34N8O. The zero-order chi connectivity index (χ0) is 24.5. The lowest BCUT2D eigenvalue weighted by atomic mass is 10.2. The third-order valence-corrected chi connectivity index (χ3v) is 4.20. The van der Waals surface area contributed by atoms with Crippen molar-refractivity contribution in [1.82, 2.24) is 15.8 Å². The molecule has 0 spiro atoms. The topological polar surface area (TPSA) is 133 Å². The molecule has 1 aromatic heterocycles. The molecule has 0 bridgehead atoms. The number of nitrogens with one attached hydrogen (secondary N) is 4. The van der Waals surface area contributed by atoms with Crippen LogP contribution in [0.5, 0.6) is 5.75 Å². The minimum absolute atomic E-state index is 0.447. The van der Waals surface area contributed by atoms with E-state index in [0.29, 0.717) is 29.5 Å². The van der Waals surface area contributed by atoms with Crippen LogP contribution in [0.3, 0.4) is 0 Å². The number of aromatic nitrogens is 1. The first kappa shape index (κ1) is 26.9. The van der Waals surface area contributed by atoms with Gasteiger partial charge < -0.3 is 21.2 Å². The van der Waals surface area contributed by atoms with Crippen LogP contribution < -0.4 is 26.6 Å². The zero-order valence-electron chi connectivity index (χ0n) is 19.9. The molecule has 33 heavy (non-hydrogen) atoms. The number of anilines is 1. The summed E-state index contributed by atoms with van der Waals surface area (Å²) >= 11 is 0. The highest BCUT2D eigenvalue weighted by Gasteiger charge is 2.09. The first-order chi connectivity index (χ1) is 16.1. The predicted octanol–water partition coefficient (Wildman–Crippen LogP) is 3.80. The molecule has 176 valence electrons. The first-order valence-electron chi connectivity index (χ1n) is 10.6. The summed E-state index contributed by atoms with van der Waals surface area (Å²) in [5.41, 5.74) is 14.6. The summed E-state index contributed by atoms with van der Waals surface area (Å²) in [4.78, 5) is 13.0. The van der Waals surface area contributed by atoms with E-state index in [0.717, 1.165) is 17.0 Å². The molecule has 0 saturated heterocycles. The number of benzene rings is 1. The summed E-state index contributed by atoms with van der Waals surface area (Å²) in [5.74, 6) is 1.96. The Morgan fingerprint density at radius 2 is 2.03 bits per heavy atom. The number of ether oxygens (including phenoxy) is 1. The quantitative estimate of drug-likeness (QED) is 0.162. The van der Waals surface area contributed by atoms with Gasteiger partial charge in [-0.3, -0.25) is 15.8 Å². The number of allylic oxidation sites excluding steroid dienone is 2. The van der Waals surface area contributed by atoms with E-state index in [2.05, 4.69) is 31.1 Å². The molecule has 0 atom stereocenters. The predicted molar refractivity (Wildman–Crippen MR) is 139 cm³/mol. The summed E-state index contributed by atoms with van der Waals surface area (Å²) in [6.45, 7) is 6.29. The number of hydrogen-bond donors (Lipinski definition) is 5. The number of nitrogens with two attached hydrogens (primary N) is 1. The second kappa shape index (κ2) is 15.6. The molecule has 0 aliphatic heterocycles. The average Bonchev–Trinajstić information content (AvgIpc) is 2.87. The van der Waals surface area contributed by atoms with Gasteiger partial charge >= 0.3 is 0 Å². The SMILES string of the molecule is C/C=C(C=N)\C(N)=C/CNc1ncccc1C(=NC)NNC=Nc1cccc(OC)c1.CC. The monoisotopic (exact) mass is 450 g/mol. The van der Waals surface area contributed by atoms with Crippen LogP contribution in [-0.2, 0) is 0 Å². The van der Waals surface area contributed by atoms with Crippen molar-refractivity contribution < 1.29 is 4.74 Å². The van der Waals surface area contributed by atoms with E-state index in [4.69, 9.17) is 15.9 Å². The molecule has 0 aliphatic rings. The van der Waals surface area contributed by atoms with Crippen molar-refractivity contribution in [3.05, 3.63) is 71.6 Å². The number of methoxy groups -OCH3 is 1. The average molecular weight is 451 g/mol. The van der Waals surface area contributed by atoms with Gasteiger partial charge in [0.1, 0.15) is 17.9 Å². The molecule has 0 fully saturated rings. The fourth-order valence-corrected chi connectivity index (χ4v) is 2.59. The molecule has 0 saturated carbocycles. The molecule has 2 aromatic rings. The van der Waals surface area contributed by atoms with Gasteiger partial charge in [-0.05, 0) is 37.3 Å². The highest BCUT2D eigenvalue weighted by Crippen LogP contribution is 2.18. The summed E-state index contributed by atoms with van der Waals surface area (Å²) in [5, 5.41) is 10.6. The summed E-state index contributed by atoms with van der Waals surface area (Å²) in [6.07, 6.45) is 8.04. The fourth-order valence-electron chi connectivity index (χ4n) is 2.59. The normalized spacial score (nSPS) is 12.0. The molecule has 1 heterocycles. The lowest BCUT2D eigenvalue weighted by Gasteiger charge is -2.13. The van der Waals surface area contributed by atoms with Crippen LogP contribution in [0, 0.1) is 5.41 Å². The Bertz CT molecular complexity index is 995. The van der Waals surface area contributed by atoms with E-state index < -0.39 is 0 Å². The van der Waals surface area contributed by atoms with Gasteiger partial charge in [0.05, 0.1) is 18.4 Å². The van der Waals surface area contributed by atoms with Gasteiger partial charge in [0.15, 0.2) is 5.84 Å². The van der Waals surface area contributed by atoms with E-state index in [9.17, 15) is 0 Å². The van der Waals surface area contributed by atoms with E-state index in [1.54, 1.807) is 32.5 Å². The Labute approximate surface area is 196 Å². The molecule has 0 amide bonds. The molecule has 6 N–H and O–H groups in total. The zero-order valence-corrected chi connectivity index (χ0v) is 19.9. The largest absolute Gasteiger partial charge is 0.497 e. The second-order valence-corrected chi connectivity index (χ2v) is 6.13. The van der Waals surface area contributed by atoms with Crippen molar-refractivity contribution in [2.75, 3.05) is 26.0 Å². The Kier molecular flexibility index (Phi) is 12.7. The van der Waals surface area contributed by atoms with Crippen molar-refractivity contribution >= 4 is 29.9 Å². The van der Waals surface area contributed by atoms with E-state index in [-0.39, 0.29) is 0 Å². The maximum atomic E-state index is 7.37. The smallest absolute Gasteiger partial charge is 0.150 e. The molecule has 2 rings (SSSR count). The van der Waals surface area contributed by atoms with E-state index in [1.165, 1.54) is 12.6 Å². The van der Waals surface area contributed by atoms with Crippen LogP contribution in [0.4, 0.5) is 11.5 Å². The standard InChI is InChI=1S/C22H28N8O.C2H6/c1-4-16(14-23)20(24)10-12-27-22-19(9-6-11-26-22)21(25-2)30-29-15-28-17-7-5-8-18(13-17)31-3;1-2/h4-11,13-15,23H,12,24H2,1-3H3,(H,25,30)(H,26,27)(H,28,29);1-2H3/b16-4-,20-10+,23-14?;. The number of hydrazine groups is 1. The number of rotatable bonds is 10. The van der Waals surface area contributed by atoms with Crippen LogP contribution in [0.1, 0.15) is 26.3 Å². The van der Waals surface area contributed by atoms with Crippen LogP contribution >= 0.6 is 0 Å². The Morgan fingerprint density at radius 1 is 1.24 bits per heavy atom. The van der Waals surface area contributed by atoms with Crippen LogP contribution in [0.15, 0.2) is 76.0 Å². The molecule has 0 unspecified atom stereocenters. The van der Waals surface area contributed by atoms with Crippen LogP contribution in [0.2, 0.25) is 0 Å². The van der Waals surface area contributed by atoms with Crippen molar-refractivity contribution in [2.45, 2.75) is 20.8 Å². The number of hydrogen-bond acceptors (Lipinski definition) is 7. The Balaban J connectivity index is 0.00000265. The van der Waals surface area contributed by atoms with Crippen LogP contribution in [-0.4, -0.2) is 44.1 Å². The van der Waals surface area contributed by atoms with Crippen molar-refractivity contribution in [2.24, 2.45) is 15.7 Å². The lowest BCUT2D eigenvalue weighted by Crippen LogP contribution is -2.37. The van der Waals surface area contributed by atoms with E-state index >= 15 is 0 Å². The molecule has 0 radical (unpaired) electrons. The van der Waals surface area contributed by atoms with Gasteiger partial charge in [0.2, 0.25) is 0 Å². The molecule has 9 nitrogen and oxygen atoms in total. The minimum atomic E-state index is 0.447. The lowest BCUT2D eigenvalue weighted by molar-refractivity contribution is 0.415. The maximum absolute atomic E-state index is 7.37. The summed E-state index contributed by atoms with van der Waals surface area (Å²) < 4.78 is 5.19. The van der Waals surface area contributed by atoms with Gasteiger partial charge in [-0.2, -0.15) is 0 Å². The van der Waals surface area contributed by atoms with Gasteiger partial charge in [0.25, 0.3) is 0 Å². The molecular weight excluding hydrogens is 416 g/mol. The fraction of sp³-hybridized carbons (Fsp3) is 0.250. The number of amidine groups is 1. The molecule has 0 aliphatic carbocycles. The highest BCUT2D eigenvalue weighted by molar-refractivity contribution is 6.02. The van der Waals surface area contributed by atoms with E-state index in [1.807, 2.05) is 57.2 Å². The summed E-state index contributed by atoms with van der Waals surface area (Å²) in [7, 11) is 3.30. The van der Waals surface area contributed by atoms with Crippen molar-refractivity contribution in [3.63, 3.8) is 0 Å². The minimum Gasteiger partial charge on any atom is -0.497 e. The number of nitrogens with zero attached hydrogens (tertiary/aromatic N) is 3. The highest BCUT2D eigenvalue weighted by atomic mass is 16.5. The van der Waals surface area contributed by atoms with Gasteiger partial charge in [-0.25, -0.2) is 9.98 Å². The number of pyridine rings is 1. The number of aliphatic imine (C=N–C) groups is 2. The van der Waals surface area contributed by atoms with Crippen LogP contribution in [0.25, 0.3) is 0 Å². The van der Waals surface area contributed by atoms with Crippen molar-refractivity contribution in [1.29, 1.82) is 5.41 Å². The van der Waals surface area contributed by atoms with Gasteiger partial charge in [-0.15, -0.1) is 0 Å². The summed E-state index contributed by atoms with van der Waals surface area (Å²) in [6, 6.07) is 11.1. The first-order valence-corrected chi connectivity index (χ1v) is 10.6. The van der Waals surface area contributed by atoms with Gasteiger partial charge in [0, 0.05) is 43.3 Å². The Morgan fingerprint density at radius 3 is 2.70 bits per heavy atom. The third kappa shape index (κ3) is 8.86. The van der Waals surface area contributed by atoms with Crippen molar-refractivity contribution in [3.8, 4) is 5.75 Å². The third-order valence-electron chi connectivity index (χ3n) is 4.20. The van der Waals surface area contributed by atoms with Gasteiger partial charge in [-0.1, -0.05) is 26.0 Å². The molecule has 1 aromatic carbocycles. The molecule has 9 heteroatoms. The maximum Gasteiger partial charge on any atom is 0.150 e. The second-order valence-electron chi connectivity index (χ2n) is 6.13. The Hall–Kier alpha value is -4.14.